The van der Waals surface area contributed by atoms with E-state index in [0.29, 0.717) is 23.3 Å². The molecule has 0 fully saturated rings. The third-order valence-corrected chi connectivity index (χ3v) is 2.69. The molecule has 0 spiro atoms. The zero-order chi connectivity index (χ0) is 14.6. The van der Waals surface area contributed by atoms with Gasteiger partial charge in [0.2, 0.25) is 0 Å². The molecule has 0 atom stereocenters. The van der Waals surface area contributed by atoms with Gasteiger partial charge in [0.15, 0.2) is 0 Å². The Kier molecular flexibility index (Phi) is 4.34. The fourth-order valence-corrected chi connectivity index (χ4v) is 1.73. The van der Waals surface area contributed by atoms with Crippen LogP contribution in [-0.2, 0) is 4.74 Å². The van der Waals surface area contributed by atoms with Gasteiger partial charge in [-0.1, -0.05) is 0 Å². The average Bonchev–Trinajstić information content (AvgIpc) is 2.37. The molecule has 2 aromatic heterocycles. The van der Waals surface area contributed by atoms with Crippen LogP contribution in [0, 0.1) is 0 Å². The number of H-pyrrole nitrogens is 1. The van der Waals surface area contributed by atoms with Gasteiger partial charge in [-0.05, 0) is 27.2 Å². The first-order valence-corrected chi connectivity index (χ1v) is 6.67. The van der Waals surface area contributed by atoms with Crippen LogP contribution in [0.25, 0.3) is 10.9 Å². The third kappa shape index (κ3) is 4.03. The SMILES string of the molecule is CC(C)(C)OCCCNc1cc2nc[nH]c(=O)c2cn1. The Hall–Kier alpha value is -1.95. The van der Waals surface area contributed by atoms with Crippen molar-refractivity contribution in [2.45, 2.75) is 32.8 Å². The van der Waals surface area contributed by atoms with Gasteiger partial charge in [0, 0.05) is 25.4 Å². The summed E-state index contributed by atoms with van der Waals surface area (Å²) in [6, 6.07) is 1.77. The number of aromatic nitrogens is 3. The fourth-order valence-electron chi connectivity index (χ4n) is 1.73. The molecule has 6 nitrogen and oxygen atoms in total. The molecule has 0 radical (unpaired) electrons. The lowest BCUT2D eigenvalue weighted by molar-refractivity contribution is -0.00279. The highest BCUT2D eigenvalue weighted by Crippen LogP contribution is 2.10. The van der Waals surface area contributed by atoms with E-state index in [1.54, 1.807) is 6.07 Å². The van der Waals surface area contributed by atoms with E-state index >= 15 is 0 Å². The van der Waals surface area contributed by atoms with Crippen molar-refractivity contribution in [3.63, 3.8) is 0 Å². The Bertz CT molecular complexity index is 631. The van der Waals surface area contributed by atoms with E-state index in [2.05, 4.69) is 20.3 Å². The van der Waals surface area contributed by atoms with Crippen molar-refractivity contribution in [3.05, 3.63) is 28.9 Å². The molecule has 0 amide bonds. The number of hydrogen-bond donors (Lipinski definition) is 2. The van der Waals surface area contributed by atoms with Crippen molar-refractivity contribution in [1.82, 2.24) is 15.0 Å². The highest BCUT2D eigenvalue weighted by Gasteiger charge is 2.08. The Balaban J connectivity index is 1.89. The molecular formula is C14H20N4O2. The molecular weight excluding hydrogens is 256 g/mol. The summed E-state index contributed by atoms with van der Waals surface area (Å²) in [7, 11) is 0. The van der Waals surface area contributed by atoms with Crippen LogP contribution in [0.4, 0.5) is 5.82 Å². The van der Waals surface area contributed by atoms with Crippen molar-refractivity contribution in [2.75, 3.05) is 18.5 Å². The van der Waals surface area contributed by atoms with Gasteiger partial charge in [-0.25, -0.2) is 9.97 Å². The van der Waals surface area contributed by atoms with Gasteiger partial charge in [0.25, 0.3) is 5.56 Å². The van der Waals surface area contributed by atoms with Gasteiger partial charge >= 0.3 is 0 Å². The maximum Gasteiger partial charge on any atom is 0.260 e. The highest BCUT2D eigenvalue weighted by atomic mass is 16.5. The summed E-state index contributed by atoms with van der Waals surface area (Å²) in [5.74, 6) is 0.714. The number of ether oxygens (including phenoxy) is 1. The standard InChI is InChI=1S/C14H20N4O2/c1-14(2,3)20-6-4-5-15-12-7-11-10(8-16-12)13(19)18-9-17-11/h7-9H,4-6H2,1-3H3,(H,15,16)(H,17,18,19). The third-order valence-electron chi connectivity index (χ3n) is 2.69. The highest BCUT2D eigenvalue weighted by molar-refractivity contribution is 5.78. The molecule has 108 valence electrons. The largest absolute Gasteiger partial charge is 0.376 e. The minimum Gasteiger partial charge on any atom is -0.376 e. The zero-order valence-electron chi connectivity index (χ0n) is 12.1. The smallest absolute Gasteiger partial charge is 0.260 e. The molecule has 0 aromatic carbocycles. The van der Waals surface area contributed by atoms with Gasteiger partial charge in [-0.3, -0.25) is 4.79 Å². The Morgan fingerprint density at radius 1 is 1.35 bits per heavy atom. The van der Waals surface area contributed by atoms with Crippen molar-refractivity contribution in [1.29, 1.82) is 0 Å². The molecule has 0 bridgehead atoms. The van der Waals surface area contributed by atoms with Crippen molar-refractivity contribution >= 4 is 16.7 Å². The minimum absolute atomic E-state index is 0.105. The van der Waals surface area contributed by atoms with Crippen LogP contribution in [0.3, 0.4) is 0 Å². The molecule has 2 N–H and O–H groups in total. The Morgan fingerprint density at radius 3 is 2.90 bits per heavy atom. The maximum absolute atomic E-state index is 11.5. The molecule has 2 heterocycles. The Labute approximate surface area is 117 Å². The summed E-state index contributed by atoms with van der Waals surface area (Å²) in [5.41, 5.74) is 0.358. The van der Waals surface area contributed by atoms with E-state index < -0.39 is 0 Å². The van der Waals surface area contributed by atoms with E-state index in [4.69, 9.17) is 4.74 Å². The number of aromatic amines is 1. The van der Waals surface area contributed by atoms with E-state index in [9.17, 15) is 4.79 Å². The van der Waals surface area contributed by atoms with Gasteiger partial charge in [-0.2, -0.15) is 0 Å². The number of rotatable bonds is 5. The minimum atomic E-state index is -0.173. The second-order valence-corrected chi connectivity index (χ2v) is 5.56. The zero-order valence-corrected chi connectivity index (χ0v) is 12.1. The average molecular weight is 276 g/mol. The summed E-state index contributed by atoms with van der Waals surface area (Å²) in [4.78, 5) is 22.4. The molecule has 6 heteroatoms. The lowest BCUT2D eigenvalue weighted by Crippen LogP contribution is -2.20. The van der Waals surface area contributed by atoms with Crippen LogP contribution in [0.5, 0.6) is 0 Å². The quantitative estimate of drug-likeness (QED) is 0.816. The van der Waals surface area contributed by atoms with Crippen molar-refractivity contribution in [2.24, 2.45) is 0 Å². The number of nitrogens with zero attached hydrogens (tertiary/aromatic N) is 2. The second kappa shape index (κ2) is 6.00. The molecule has 2 aromatic rings. The number of fused-ring (bicyclic) bond motifs is 1. The van der Waals surface area contributed by atoms with Crippen LogP contribution in [-0.4, -0.2) is 33.7 Å². The first-order valence-electron chi connectivity index (χ1n) is 6.67. The van der Waals surface area contributed by atoms with Gasteiger partial charge in [-0.15, -0.1) is 0 Å². The summed E-state index contributed by atoms with van der Waals surface area (Å²) >= 11 is 0. The maximum atomic E-state index is 11.5. The molecule has 0 saturated carbocycles. The second-order valence-electron chi connectivity index (χ2n) is 5.56. The van der Waals surface area contributed by atoms with Crippen molar-refractivity contribution < 1.29 is 4.74 Å². The van der Waals surface area contributed by atoms with Crippen LogP contribution >= 0.6 is 0 Å². The fraction of sp³-hybridized carbons (Fsp3) is 0.500. The molecule has 0 aliphatic carbocycles. The van der Waals surface area contributed by atoms with Gasteiger partial charge < -0.3 is 15.0 Å². The molecule has 2 rings (SSSR count). The number of nitrogens with one attached hydrogen (secondary N) is 2. The molecule has 20 heavy (non-hydrogen) atoms. The Morgan fingerprint density at radius 2 is 2.15 bits per heavy atom. The first kappa shape index (κ1) is 14.5. The van der Waals surface area contributed by atoms with Crippen LogP contribution < -0.4 is 10.9 Å². The van der Waals surface area contributed by atoms with Crippen LogP contribution in [0.1, 0.15) is 27.2 Å². The van der Waals surface area contributed by atoms with E-state index in [0.717, 1.165) is 13.0 Å². The predicted octanol–water partition coefficient (Wildman–Crippen LogP) is 1.94. The summed E-state index contributed by atoms with van der Waals surface area (Å²) in [6.45, 7) is 7.57. The molecule has 0 aliphatic rings. The topological polar surface area (TPSA) is 79.9 Å². The van der Waals surface area contributed by atoms with Crippen LogP contribution in [0.15, 0.2) is 23.4 Å². The summed E-state index contributed by atoms with van der Waals surface area (Å²) < 4.78 is 5.64. The normalized spacial score (nSPS) is 11.8. The molecule has 0 unspecified atom stereocenters. The van der Waals surface area contributed by atoms with Crippen LogP contribution in [0.2, 0.25) is 0 Å². The summed E-state index contributed by atoms with van der Waals surface area (Å²) in [5, 5.41) is 3.69. The predicted molar refractivity (Wildman–Crippen MR) is 79.0 cm³/mol. The van der Waals surface area contributed by atoms with E-state index in [-0.39, 0.29) is 11.2 Å². The lowest BCUT2D eigenvalue weighted by Gasteiger charge is -2.19. The number of hydrogen-bond acceptors (Lipinski definition) is 5. The monoisotopic (exact) mass is 276 g/mol. The van der Waals surface area contributed by atoms with Crippen molar-refractivity contribution in [3.8, 4) is 0 Å². The molecule has 0 aliphatic heterocycles. The lowest BCUT2D eigenvalue weighted by atomic mass is 10.2. The number of anilines is 1. The first-order chi connectivity index (χ1) is 9.46. The van der Waals surface area contributed by atoms with E-state index in [1.807, 2.05) is 20.8 Å². The molecule has 0 saturated heterocycles. The van der Waals surface area contributed by atoms with Gasteiger partial charge in [0.05, 0.1) is 22.8 Å². The summed E-state index contributed by atoms with van der Waals surface area (Å²) in [6.07, 6.45) is 3.82. The van der Waals surface area contributed by atoms with Gasteiger partial charge in [0.1, 0.15) is 5.82 Å². The van der Waals surface area contributed by atoms with E-state index in [1.165, 1.54) is 12.5 Å². The number of pyridine rings is 1.